The summed E-state index contributed by atoms with van der Waals surface area (Å²) in [5.41, 5.74) is 0.691. The van der Waals surface area contributed by atoms with E-state index in [4.69, 9.17) is 14.0 Å². The smallest absolute Gasteiger partial charge is 0.277 e. The fourth-order valence-electron chi connectivity index (χ4n) is 2.02. The van der Waals surface area contributed by atoms with Gasteiger partial charge >= 0.3 is 0 Å². The van der Waals surface area contributed by atoms with Crippen LogP contribution >= 0.6 is 11.3 Å². The Bertz CT molecular complexity index is 811. The van der Waals surface area contributed by atoms with Crippen molar-refractivity contribution in [2.24, 2.45) is 0 Å². The van der Waals surface area contributed by atoms with Gasteiger partial charge in [0.05, 0.1) is 24.8 Å². The first-order chi connectivity index (χ1) is 11.2. The number of hydrogen-bond acceptors (Lipinski definition) is 6. The average molecular weight is 330 g/mol. The van der Waals surface area contributed by atoms with Crippen LogP contribution < -0.4 is 14.8 Å². The average Bonchev–Trinajstić information content (AvgIpc) is 3.25. The Morgan fingerprint density at radius 2 is 2.09 bits per heavy atom. The highest BCUT2D eigenvalue weighted by Gasteiger charge is 2.16. The zero-order chi connectivity index (χ0) is 16.2. The number of hydrogen-bond donors (Lipinski definition) is 1. The van der Waals surface area contributed by atoms with E-state index in [1.54, 1.807) is 31.4 Å². The highest BCUT2D eigenvalue weighted by atomic mass is 32.1. The van der Waals surface area contributed by atoms with Crippen LogP contribution in [0, 0.1) is 0 Å². The number of rotatable bonds is 5. The van der Waals surface area contributed by atoms with E-state index in [0.717, 1.165) is 4.88 Å². The Morgan fingerprint density at radius 1 is 1.22 bits per heavy atom. The van der Waals surface area contributed by atoms with Crippen molar-refractivity contribution in [2.75, 3.05) is 19.5 Å². The quantitative estimate of drug-likeness (QED) is 0.772. The van der Waals surface area contributed by atoms with Gasteiger partial charge in [-0.05, 0) is 23.6 Å². The van der Waals surface area contributed by atoms with Gasteiger partial charge in [0.1, 0.15) is 11.5 Å². The van der Waals surface area contributed by atoms with Gasteiger partial charge in [-0.2, -0.15) is 0 Å². The van der Waals surface area contributed by atoms with Crippen molar-refractivity contribution in [3.05, 3.63) is 47.5 Å². The summed E-state index contributed by atoms with van der Waals surface area (Å²) in [6.45, 7) is 0. The van der Waals surface area contributed by atoms with Gasteiger partial charge in [-0.15, -0.1) is 11.3 Å². The second-order valence-electron chi connectivity index (χ2n) is 4.57. The summed E-state index contributed by atoms with van der Waals surface area (Å²) in [6.07, 6.45) is 0. The Balaban J connectivity index is 1.82. The molecule has 0 bridgehead atoms. The van der Waals surface area contributed by atoms with Crippen LogP contribution in [0.25, 0.3) is 10.6 Å². The summed E-state index contributed by atoms with van der Waals surface area (Å²) in [7, 11) is 3.08. The van der Waals surface area contributed by atoms with Crippen LogP contribution in [0.4, 0.5) is 5.69 Å². The predicted octanol–water partition coefficient (Wildman–Crippen LogP) is 3.67. The molecule has 0 spiro atoms. The number of carbonyl (C=O) groups excluding carboxylic acids is 1. The van der Waals surface area contributed by atoms with Gasteiger partial charge in [-0.3, -0.25) is 4.79 Å². The van der Waals surface area contributed by atoms with Gasteiger partial charge in [0.25, 0.3) is 5.91 Å². The number of amides is 1. The van der Waals surface area contributed by atoms with E-state index >= 15 is 0 Å². The van der Waals surface area contributed by atoms with Crippen LogP contribution in [0.2, 0.25) is 0 Å². The second-order valence-corrected chi connectivity index (χ2v) is 5.52. The summed E-state index contributed by atoms with van der Waals surface area (Å²) < 4.78 is 15.6. The minimum absolute atomic E-state index is 0.193. The van der Waals surface area contributed by atoms with E-state index in [0.29, 0.717) is 22.9 Å². The third-order valence-electron chi connectivity index (χ3n) is 3.16. The standard InChI is InChI=1S/C16H14N2O4S/c1-20-10-5-6-13(21-2)11(8-10)17-16(19)12-9-14(22-18-12)15-4-3-7-23-15/h3-9H,1-2H3,(H,17,19). The molecular weight excluding hydrogens is 316 g/mol. The van der Waals surface area contributed by atoms with Crippen LogP contribution in [0.3, 0.4) is 0 Å². The molecule has 6 nitrogen and oxygen atoms in total. The zero-order valence-corrected chi connectivity index (χ0v) is 13.3. The molecule has 7 heteroatoms. The fraction of sp³-hybridized carbons (Fsp3) is 0.125. The van der Waals surface area contributed by atoms with Crippen LogP contribution in [0.1, 0.15) is 10.5 Å². The van der Waals surface area contributed by atoms with E-state index in [1.807, 2.05) is 17.5 Å². The maximum atomic E-state index is 12.3. The number of nitrogens with zero attached hydrogens (tertiary/aromatic N) is 1. The van der Waals surface area contributed by atoms with Crippen LogP contribution in [0.15, 0.2) is 46.3 Å². The number of anilines is 1. The lowest BCUT2D eigenvalue weighted by Crippen LogP contribution is -2.13. The number of nitrogens with one attached hydrogen (secondary N) is 1. The third-order valence-corrected chi connectivity index (χ3v) is 4.05. The molecule has 0 saturated carbocycles. The normalized spacial score (nSPS) is 10.3. The number of aromatic nitrogens is 1. The van der Waals surface area contributed by atoms with Crippen LogP contribution in [-0.2, 0) is 0 Å². The summed E-state index contributed by atoms with van der Waals surface area (Å²) >= 11 is 1.51. The van der Waals surface area contributed by atoms with Crippen molar-refractivity contribution < 1.29 is 18.8 Å². The van der Waals surface area contributed by atoms with Gasteiger partial charge in [0.15, 0.2) is 11.5 Å². The lowest BCUT2D eigenvalue weighted by atomic mass is 10.2. The number of benzene rings is 1. The van der Waals surface area contributed by atoms with Gasteiger partial charge < -0.3 is 19.3 Å². The molecule has 0 fully saturated rings. The first kappa shape index (κ1) is 15.1. The Morgan fingerprint density at radius 3 is 2.78 bits per heavy atom. The Kier molecular flexibility index (Phi) is 4.29. The molecule has 118 valence electrons. The number of methoxy groups -OCH3 is 2. The number of ether oxygens (including phenoxy) is 2. The molecule has 1 amide bonds. The third kappa shape index (κ3) is 3.19. The van der Waals surface area contributed by atoms with Gasteiger partial charge in [-0.1, -0.05) is 11.2 Å². The van der Waals surface area contributed by atoms with E-state index in [1.165, 1.54) is 18.4 Å². The minimum atomic E-state index is -0.386. The van der Waals surface area contributed by atoms with Crippen molar-refractivity contribution in [3.63, 3.8) is 0 Å². The molecule has 0 radical (unpaired) electrons. The van der Waals surface area contributed by atoms with Crippen molar-refractivity contribution >= 4 is 22.9 Å². The summed E-state index contributed by atoms with van der Waals surface area (Å²) in [5, 5.41) is 8.49. The van der Waals surface area contributed by atoms with E-state index in [2.05, 4.69) is 10.5 Å². The molecule has 1 aromatic carbocycles. The van der Waals surface area contributed by atoms with Gasteiger partial charge in [-0.25, -0.2) is 0 Å². The molecule has 0 saturated heterocycles. The number of thiophene rings is 1. The van der Waals surface area contributed by atoms with E-state index in [-0.39, 0.29) is 11.6 Å². The zero-order valence-electron chi connectivity index (χ0n) is 12.5. The first-order valence-corrected chi connectivity index (χ1v) is 7.63. The van der Waals surface area contributed by atoms with Gasteiger partial charge in [0.2, 0.25) is 0 Å². The van der Waals surface area contributed by atoms with E-state index in [9.17, 15) is 4.79 Å². The monoisotopic (exact) mass is 330 g/mol. The first-order valence-electron chi connectivity index (χ1n) is 6.75. The van der Waals surface area contributed by atoms with Crippen LogP contribution in [0.5, 0.6) is 11.5 Å². The summed E-state index contributed by atoms with van der Waals surface area (Å²) in [4.78, 5) is 13.3. The lowest BCUT2D eigenvalue weighted by molar-refractivity contribution is 0.101. The van der Waals surface area contributed by atoms with Crippen molar-refractivity contribution in [3.8, 4) is 22.1 Å². The van der Waals surface area contributed by atoms with Gasteiger partial charge in [0, 0.05) is 12.1 Å². The molecule has 3 aromatic rings. The van der Waals surface area contributed by atoms with Crippen molar-refractivity contribution in [1.82, 2.24) is 5.16 Å². The van der Waals surface area contributed by atoms with E-state index < -0.39 is 0 Å². The molecular formula is C16H14N2O4S. The second kappa shape index (κ2) is 6.53. The Hall–Kier alpha value is -2.80. The maximum absolute atomic E-state index is 12.3. The maximum Gasteiger partial charge on any atom is 0.277 e. The largest absolute Gasteiger partial charge is 0.497 e. The lowest BCUT2D eigenvalue weighted by Gasteiger charge is -2.10. The molecule has 0 unspecified atom stereocenters. The molecule has 0 aliphatic rings. The molecule has 23 heavy (non-hydrogen) atoms. The molecule has 0 aliphatic heterocycles. The molecule has 0 aliphatic carbocycles. The van der Waals surface area contributed by atoms with Crippen molar-refractivity contribution in [1.29, 1.82) is 0 Å². The molecule has 3 rings (SSSR count). The molecule has 1 N–H and O–H groups in total. The highest BCUT2D eigenvalue weighted by molar-refractivity contribution is 7.13. The fourth-order valence-corrected chi connectivity index (χ4v) is 2.69. The molecule has 2 heterocycles. The summed E-state index contributed by atoms with van der Waals surface area (Å²) in [5.74, 6) is 1.31. The summed E-state index contributed by atoms with van der Waals surface area (Å²) in [6, 6.07) is 10.6. The van der Waals surface area contributed by atoms with Crippen molar-refractivity contribution in [2.45, 2.75) is 0 Å². The minimum Gasteiger partial charge on any atom is -0.497 e. The molecule has 2 aromatic heterocycles. The highest BCUT2D eigenvalue weighted by Crippen LogP contribution is 2.30. The SMILES string of the molecule is COc1ccc(OC)c(NC(=O)c2cc(-c3cccs3)on2)c1. The topological polar surface area (TPSA) is 73.6 Å². The Labute approximate surface area is 136 Å². The van der Waals surface area contributed by atoms with Crippen LogP contribution in [-0.4, -0.2) is 25.3 Å². The molecule has 0 atom stereocenters. The predicted molar refractivity (Wildman–Crippen MR) is 87.3 cm³/mol. The number of carbonyl (C=O) groups is 1.